The van der Waals surface area contributed by atoms with E-state index in [2.05, 4.69) is 117 Å². The van der Waals surface area contributed by atoms with Gasteiger partial charge in [-0.1, -0.05) is 102 Å². The maximum absolute atomic E-state index is 5.18. The van der Waals surface area contributed by atoms with Gasteiger partial charge in [0, 0.05) is 16.5 Å². The Balaban J connectivity index is 1.86. The molecule has 0 unspecified atom stereocenters. The highest BCUT2D eigenvalue weighted by Crippen LogP contribution is 2.39. The zero-order chi connectivity index (χ0) is 21.2. The number of hydrogen-bond acceptors (Lipinski definition) is 1. The maximum Gasteiger partial charge on any atom is 0.0790 e. The largest absolute Gasteiger partial charge is 0.247 e. The number of hydrogen-bond donors (Lipinski definition) is 0. The van der Waals surface area contributed by atoms with Crippen LogP contribution < -0.4 is 0 Å². The van der Waals surface area contributed by atoms with E-state index < -0.39 is 0 Å². The predicted octanol–water partition coefficient (Wildman–Crippen LogP) is 7.78. The van der Waals surface area contributed by atoms with Gasteiger partial charge < -0.3 is 0 Å². The number of aryl methyl sites for hydroxylation is 2. The molecule has 0 spiro atoms. The first-order chi connectivity index (χ1) is 15.2. The van der Waals surface area contributed by atoms with Crippen molar-refractivity contribution in [1.29, 1.82) is 0 Å². The minimum Gasteiger partial charge on any atom is -0.247 e. The molecule has 1 aromatic heterocycles. The van der Waals surface area contributed by atoms with Crippen LogP contribution in [0.25, 0.3) is 33.3 Å². The topological polar surface area (TPSA) is 12.9 Å². The summed E-state index contributed by atoms with van der Waals surface area (Å²) in [5.41, 5.74) is 10.9. The lowest BCUT2D eigenvalue weighted by atomic mass is 9.88. The molecule has 1 nitrogen and oxygen atoms in total. The molecule has 1 heteroatoms. The number of aromatic nitrogens is 1. The summed E-state index contributed by atoms with van der Waals surface area (Å²) < 4.78 is 0. The summed E-state index contributed by atoms with van der Waals surface area (Å²) in [4.78, 5) is 5.18. The van der Waals surface area contributed by atoms with Gasteiger partial charge in [0.05, 0.1) is 11.2 Å². The predicted molar refractivity (Wildman–Crippen MR) is 131 cm³/mol. The van der Waals surface area contributed by atoms with Gasteiger partial charge in [-0.25, -0.2) is 4.98 Å². The van der Waals surface area contributed by atoms with E-state index >= 15 is 0 Å². The normalized spacial score (nSPS) is 11.0. The van der Waals surface area contributed by atoms with Crippen LogP contribution in [0.15, 0.2) is 103 Å². The SMILES string of the molecule is Cc1ccc(Cc2c(-c3ccccc3)c(-c3ccccc3)nc3ccc(C)cc23)cc1. The molecule has 0 fully saturated rings. The van der Waals surface area contributed by atoms with E-state index in [9.17, 15) is 0 Å². The molecule has 4 aromatic carbocycles. The minimum absolute atomic E-state index is 0.868. The third-order valence-corrected chi connectivity index (χ3v) is 5.86. The fourth-order valence-electron chi connectivity index (χ4n) is 4.26. The van der Waals surface area contributed by atoms with Gasteiger partial charge in [0.1, 0.15) is 0 Å². The fourth-order valence-corrected chi connectivity index (χ4v) is 4.26. The van der Waals surface area contributed by atoms with Crippen LogP contribution in [-0.2, 0) is 6.42 Å². The van der Waals surface area contributed by atoms with Crippen molar-refractivity contribution < 1.29 is 0 Å². The lowest BCUT2D eigenvalue weighted by molar-refractivity contribution is 1.19. The van der Waals surface area contributed by atoms with E-state index in [0.717, 1.165) is 23.2 Å². The van der Waals surface area contributed by atoms with Gasteiger partial charge in [0.25, 0.3) is 0 Å². The molecule has 0 saturated heterocycles. The fraction of sp³-hybridized carbons (Fsp3) is 0.100. The summed E-state index contributed by atoms with van der Waals surface area (Å²) in [6.07, 6.45) is 0.868. The zero-order valence-electron chi connectivity index (χ0n) is 18.0. The Labute approximate surface area is 184 Å². The molecule has 31 heavy (non-hydrogen) atoms. The van der Waals surface area contributed by atoms with Crippen LogP contribution in [0.1, 0.15) is 22.3 Å². The number of rotatable bonds is 4. The zero-order valence-corrected chi connectivity index (χ0v) is 18.0. The van der Waals surface area contributed by atoms with Crippen molar-refractivity contribution >= 4 is 10.9 Å². The molecular formula is C30H25N. The molecule has 150 valence electrons. The van der Waals surface area contributed by atoms with Gasteiger partial charge >= 0.3 is 0 Å². The van der Waals surface area contributed by atoms with Crippen LogP contribution in [0.5, 0.6) is 0 Å². The summed E-state index contributed by atoms with van der Waals surface area (Å²) >= 11 is 0. The minimum atomic E-state index is 0.868. The van der Waals surface area contributed by atoms with Crippen molar-refractivity contribution in [3.8, 4) is 22.4 Å². The van der Waals surface area contributed by atoms with Crippen LogP contribution in [0.2, 0.25) is 0 Å². The van der Waals surface area contributed by atoms with Crippen LogP contribution in [0, 0.1) is 13.8 Å². The Morgan fingerprint density at radius 1 is 0.613 bits per heavy atom. The number of nitrogens with zero attached hydrogens (tertiary/aromatic N) is 1. The van der Waals surface area contributed by atoms with Gasteiger partial charge in [-0.05, 0) is 49.1 Å². The van der Waals surface area contributed by atoms with Crippen LogP contribution in [-0.4, -0.2) is 4.98 Å². The van der Waals surface area contributed by atoms with Crippen molar-refractivity contribution in [2.24, 2.45) is 0 Å². The van der Waals surface area contributed by atoms with Gasteiger partial charge in [-0.3, -0.25) is 0 Å². The number of pyridine rings is 1. The van der Waals surface area contributed by atoms with Crippen LogP contribution in [0.4, 0.5) is 0 Å². The van der Waals surface area contributed by atoms with Crippen molar-refractivity contribution in [3.63, 3.8) is 0 Å². The third-order valence-electron chi connectivity index (χ3n) is 5.86. The molecule has 0 radical (unpaired) electrons. The molecule has 0 aliphatic heterocycles. The summed E-state index contributed by atoms with van der Waals surface area (Å²) in [7, 11) is 0. The lowest BCUT2D eigenvalue weighted by Crippen LogP contribution is -2.01. The average Bonchev–Trinajstić information content (AvgIpc) is 2.81. The Kier molecular flexibility index (Phi) is 5.09. The summed E-state index contributed by atoms with van der Waals surface area (Å²) in [6.45, 7) is 4.29. The standard InChI is InChI=1S/C30H25N/c1-21-13-16-23(17-14-21)20-27-26-19-22(2)15-18-28(26)31-30(25-11-7-4-8-12-25)29(27)24-9-5-3-6-10-24/h3-19H,20H2,1-2H3. The van der Waals surface area contributed by atoms with E-state index in [4.69, 9.17) is 4.98 Å². The number of fused-ring (bicyclic) bond motifs is 1. The van der Waals surface area contributed by atoms with E-state index in [-0.39, 0.29) is 0 Å². The Morgan fingerprint density at radius 2 is 1.23 bits per heavy atom. The molecule has 0 bridgehead atoms. The van der Waals surface area contributed by atoms with Gasteiger partial charge in [-0.15, -0.1) is 0 Å². The Morgan fingerprint density at radius 3 is 1.90 bits per heavy atom. The molecule has 0 aliphatic carbocycles. The van der Waals surface area contributed by atoms with E-state index in [1.807, 2.05) is 0 Å². The van der Waals surface area contributed by atoms with Gasteiger partial charge in [0.15, 0.2) is 0 Å². The lowest BCUT2D eigenvalue weighted by Gasteiger charge is -2.19. The summed E-state index contributed by atoms with van der Waals surface area (Å²) in [6, 6.07) is 36.7. The van der Waals surface area contributed by atoms with Gasteiger partial charge in [-0.2, -0.15) is 0 Å². The van der Waals surface area contributed by atoms with E-state index in [1.165, 1.54) is 38.8 Å². The van der Waals surface area contributed by atoms with Crippen molar-refractivity contribution in [2.75, 3.05) is 0 Å². The first kappa shape index (κ1) is 19.3. The Hall–Kier alpha value is -3.71. The number of benzene rings is 4. The molecule has 5 rings (SSSR count). The smallest absolute Gasteiger partial charge is 0.0790 e. The molecule has 0 atom stereocenters. The molecule has 0 aliphatic rings. The molecule has 5 aromatic rings. The van der Waals surface area contributed by atoms with E-state index in [0.29, 0.717) is 0 Å². The molecule has 0 amide bonds. The highest BCUT2D eigenvalue weighted by Gasteiger charge is 2.18. The second kappa shape index (κ2) is 8.20. The maximum atomic E-state index is 5.18. The second-order valence-corrected chi connectivity index (χ2v) is 8.23. The highest BCUT2D eigenvalue weighted by molar-refractivity contribution is 5.96. The first-order valence-electron chi connectivity index (χ1n) is 10.8. The monoisotopic (exact) mass is 399 g/mol. The van der Waals surface area contributed by atoms with Crippen molar-refractivity contribution in [3.05, 3.63) is 125 Å². The van der Waals surface area contributed by atoms with Gasteiger partial charge in [0.2, 0.25) is 0 Å². The molecular weight excluding hydrogens is 374 g/mol. The quantitative estimate of drug-likeness (QED) is 0.301. The third kappa shape index (κ3) is 3.87. The summed E-state index contributed by atoms with van der Waals surface area (Å²) in [5.74, 6) is 0. The molecule has 1 heterocycles. The average molecular weight is 400 g/mol. The van der Waals surface area contributed by atoms with Crippen LogP contribution >= 0.6 is 0 Å². The second-order valence-electron chi connectivity index (χ2n) is 8.23. The Bertz CT molecular complexity index is 1330. The first-order valence-corrected chi connectivity index (χ1v) is 10.8. The van der Waals surface area contributed by atoms with E-state index in [1.54, 1.807) is 0 Å². The van der Waals surface area contributed by atoms with Crippen molar-refractivity contribution in [1.82, 2.24) is 4.98 Å². The van der Waals surface area contributed by atoms with Crippen molar-refractivity contribution in [2.45, 2.75) is 20.3 Å². The summed E-state index contributed by atoms with van der Waals surface area (Å²) in [5, 5.41) is 1.24. The highest BCUT2D eigenvalue weighted by atomic mass is 14.7. The molecule has 0 saturated carbocycles. The van der Waals surface area contributed by atoms with Crippen LogP contribution in [0.3, 0.4) is 0 Å². The molecule has 0 N–H and O–H groups in total.